The molecule has 4 nitrogen and oxygen atoms in total. The van der Waals surface area contributed by atoms with Crippen molar-refractivity contribution in [3.05, 3.63) is 59.7 Å². The van der Waals surface area contributed by atoms with Crippen molar-refractivity contribution in [3.8, 4) is 11.5 Å². The van der Waals surface area contributed by atoms with Gasteiger partial charge in [0.25, 0.3) is 0 Å². The molecule has 0 aromatic heterocycles. The van der Waals surface area contributed by atoms with Gasteiger partial charge >= 0.3 is 0 Å². The largest absolute Gasteiger partial charge is 0.496 e. The van der Waals surface area contributed by atoms with E-state index in [1.807, 2.05) is 36.4 Å². The molecule has 22 heavy (non-hydrogen) atoms. The molecule has 0 aliphatic rings. The standard InChI is InChI=1S/C18H23NO3/c1-20-18-9-8-17(12-16(18)13-19)22-11-5-10-21-14-15-6-3-2-4-7-15/h2-4,6-9,12H,5,10-11,13-14,19H2,1H3. The summed E-state index contributed by atoms with van der Waals surface area (Å²) in [4.78, 5) is 0. The van der Waals surface area contributed by atoms with E-state index in [1.165, 1.54) is 5.56 Å². The molecule has 0 heterocycles. The zero-order valence-electron chi connectivity index (χ0n) is 13.0. The first kappa shape index (κ1) is 16.3. The Balaban J connectivity index is 1.66. The minimum absolute atomic E-state index is 0.431. The molecule has 0 aliphatic heterocycles. The van der Waals surface area contributed by atoms with Crippen LogP contribution in [0.2, 0.25) is 0 Å². The molecule has 0 saturated carbocycles. The van der Waals surface area contributed by atoms with Crippen LogP contribution in [0.15, 0.2) is 48.5 Å². The second-order valence-electron chi connectivity index (χ2n) is 4.92. The van der Waals surface area contributed by atoms with Crippen molar-refractivity contribution in [2.24, 2.45) is 5.73 Å². The highest BCUT2D eigenvalue weighted by Crippen LogP contribution is 2.23. The summed E-state index contributed by atoms with van der Waals surface area (Å²) >= 11 is 0. The van der Waals surface area contributed by atoms with E-state index < -0.39 is 0 Å². The van der Waals surface area contributed by atoms with E-state index in [-0.39, 0.29) is 0 Å². The van der Waals surface area contributed by atoms with Crippen LogP contribution >= 0.6 is 0 Å². The third-order valence-electron chi connectivity index (χ3n) is 3.29. The molecule has 2 rings (SSSR count). The molecule has 0 aliphatic carbocycles. The second kappa shape index (κ2) is 9.07. The number of rotatable bonds is 9. The van der Waals surface area contributed by atoms with Gasteiger partial charge in [-0.15, -0.1) is 0 Å². The van der Waals surface area contributed by atoms with Crippen molar-refractivity contribution in [1.29, 1.82) is 0 Å². The zero-order chi connectivity index (χ0) is 15.6. The quantitative estimate of drug-likeness (QED) is 0.723. The molecular weight excluding hydrogens is 278 g/mol. The SMILES string of the molecule is COc1ccc(OCCCOCc2ccccc2)cc1CN. The van der Waals surface area contributed by atoms with Gasteiger partial charge in [0.1, 0.15) is 11.5 Å². The molecule has 2 aromatic rings. The number of ether oxygens (including phenoxy) is 3. The topological polar surface area (TPSA) is 53.7 Å². The average Bonchev–Trinajstić information content (AvgIpc) is 2.58. The highest BCUT2D eigenvalue weighted by molar-refractivity contribution is 5.40. The van der Waals surface area contributed by atoms with Crippen LogP contribution < -0.4 is 15.2 Å². The van der Waals surface area contributed by atoms with Crippen LogP contribution in [-0.2, 0) is 17.9 Å². The minimum atomic E-state index is 0.431. The molecule has 0 unspecified atom stereocenters. The predicted molar refractivity (Wildman–Crippen MR) is 87.1 cm³/mol. The van der Waals surface area contributed by atoms with E-state index in [4.69, 9.17) is 19.9 Å². The first-order chi connectivity index (χ1) is 10.8. The van der Waals surface area contributed by atoms with Gasteiger partial charge in [-0.3, -0.25) is 0 Å². The first-order valence-corrected chi connectivity index (χ1v) is 7.45. The van der Waals surface area contributed by atoms with Crippen LogP contribution in [0, 0.1) is 0 Å². The number of methoxy groups -OCH3 is 1. The van der Waals surface area contributed by atoms with E-state index >= 15 is 0 Å². The van der Waals surface area contributed by atoms with Gasteiger partial charge in [0, 0.05) is 18.5 Å². The Kier molecular flexibility index (Phi) is 6.74. The summed E-state index contributed by atoms with van der Waals surface area (Å²) < 4.78 is 16.6. The highest BCUT2D eigenvalue weighted by atomic mass is 16.5. The monoisotopic (exact) mass is 301 g/mol. The first-order valence-electron chi connectivity index (χ1n) is 7.45. The summed E-state index contributed by atoms with van der Waals surface area (Å²) in [5.74, 6) is 1.60. The maximum atomic E-state index is 5.71. The Morgan fingerprint density at radius 3 is 2.55 bits per heavy atom. The van der Waals surface area contributed by atoms with Crippen molar-refractivity contribution in [3.63, 3.8) is 0 Å². The van der Waals surface area contributed by atoms with Crippen molar-refractivity contribution in [2.75, 3.05) is 20.3 Å². The predicted octanol–water partition coefficient (Wildman–Crippen LogP) is 3.14. The fourth-order valence-corrected chi connectivity index (χ4v) is 2.12. The molecule has 4 heteroatoms. The lowest BCUT2D eigenvalue weighted by Crippen LogP contribution is -2.05. The van der Waals surface area contributed by atoms with E-state index in [9.17, 15) is 0 Å². The van der Waals surface area contributed by atoms with Gasteiger partial charge in [0.2, 0.25) is 0 Å². The van der Waals surface area contributed by atoms with Gasteiger partial charge in [-0.25, -0.2) is 0 Å². The third-order valence-corrected chi connectivity index (χ3v) is 3.29. The molecular formula is C18H23NO3. The minimum Gasteiger partial charge on any atom is -0.496 e. The molecule has 0 amide bonds. The molecule has 0 saturated heterocycles. The van der Waals surface area contributed by atoms with Crippen LogP contribution in [0.5, 0.6) is 11.5 Å². The van der Waals surface area contributed by atoms with E-state index in [0.717, 1.165) is 23.5 Å². The van der Waals surface area contributed by atoms with Crippen LogP contribution in [-0.4, -0.2) is 20.3 Å². The van der Waals surface area contributed by atoms with E-state index in [0.29, 0.717) is 26.4 Å². The average molecular weight is 301 g/mol. The lowest BCUT2D eigenvalue weighted by Gasteiger charge is -2.11. The van der Waals surface area contributed by atoms with Crippen LogP contribution in [0.25, 0.3) is 0 Å². The lowest BCUT2D eigenvalue weighted by atomic mass is 10.2. The fraction of sp³-hybridized carbons (Fsp3) is 0.333. The molecule has 0 spiro atoms. The number of nitrogens with two attached hydrogens (primary N) is 1. The third kappa shape index (κ3) is 5.06. The molecule has 0 bridgehead atoms. The Morgan fingerprint density at radius 1 is 1.00 bits per heavy atom. The second-order valence-corrected chi connectivity index (χ2v) is 4.92. The molecule has 0 radical (unpaired) electrons. The smallest absolute Gasteiger partial charge is 0.123 e. The Morgan fingerprint density at radius 2 is 1.82 bits per heavy atom. The van der Waals surface area contributed by atoms with Gasteiger partial charge in [-0.1, -0.05) is 30.3 Å². The van der Waals surface area contributed by atoms with Crippen LogP contribution in [0.3, 0.4) is 0 Å². The molecule has 0 fully saturated rings. The van der Waals surface area contributed by atoms with Crippen molar-refractivity contribution < 1.29 is 14.2 Å². The van der Waals surface area contributed by atoms with Crippen LogP contribution in [0.4, 0.5) is 0 Å². The number of benzene rings is 2. The van der Waals surface area contributed by atoms with Crippen molar-refractivity contribution in [2.45, 2.75) is 19.6 Å². The van der Waals surface area contributed by atoms with Crippen LogP contribution in [0.1, 0.15) is 17.5 Å². The summed E-state index contributed by atoms with van der Waals surface area (Å²) in [6.07, 6.45) is 0.844. The van der Waals surface area contributed by atoms with E-state index in [2.05, 4.69) is 12.1 Å². The van der Waals surface area contributed by atoms with E-state index in [1.54, 1.807) is 7.11 Å². The summed E-state index contributed by atoms with van der Waals surface area (Å²) in [7, 11) is 1.64. The fourth-order valence-electron chi connectivity index (χ4n) is 2.12. The van der Waals surface area contributed by atoms with Gasteiger partial charge in [0.15, 0.2) is 0 Å². The maximum absolute atomic E-state index is 5.71. The van der Waals surface area contributed by atoms with Crippen molar-refractivity contribution >= 4 is 0 Å². The Hall–Kier alpha value is -2.04. The summed E-state index contributed by atoms with van der Waals surface area (Å²) in [5, 5.41) is 0. The number of hydrogen-bond donors (Lipinski definition) is 1. The molecule has 2 aromatic carbocycles. The van der Waals surface area contributed by atoms with Crippen molar-refractivity contribution in [1.82, 2.24) is 0 Å². The molecule has 118 valence electrons. The number of hydrogen-bond acceptors (Lipinski definition) is 4. The normalized spacial score (nSPS) is 10.5. The zero-order valence-corrected chi connectivity index (χ0v) is 13.0. The Bertz CT molecular complexity index is 558. The Labute approximate surface area is 131 Å². The lowest BCUT2D eigenvalue weighted by molar-refractivity contribution is 0.107. The summed E-state index contributed by atoms with van der Waals surface area (Å²) in [6.45, 7) is 2.36. The van der Waals surface area contributed by atoms with Gasteiger partial charge < -0.3 is 19.9 Å². The van der Waals surface area contributed by atoms with Gasteiger partial charge in [-0.05, 0) is 23.8 Å². The maximum Gasteiger partial charge on any atom is 0.123 e. The highest BCUT2D eigenvalue weighted by Gasteiger charge is 2.03. The summed E-state index contributed by atoms with van der Waals surface area (Å²) in [5.41, 5.74) is 7.82. The summed E-state index contributed by atoms with van der Waals surface area (Å²) in [6, 6.07) is 15.8. The van der Waals surface area contributed by atoms with Gasteiger partial charge in [-0.2, -0.15) is 0 Å². The van der Waals surface area contributed by atoms with Gasteiger partial charge in [0.05, 0.1) is 26.9 Å². The molecule has 0 atom stereocenters. The molecule has 2 N–H and O–H groups in total.